The van der Waals surface area contributed by atoms with Crippen LogP contribution in [0.3, 0.4) is 0 Å². The minimum atomic E-state index is -0.401. The predicted molar refractivity (Wildman–Crippen MR) is 101 cm³/mol. The van der Waals surface area contributed by atoms with Crippen molar-refractivity contribution in [2.24, 2.45) is 14.1 Å². The topological polar surface area (TPSA) is 82.1 Å². The summed E-state index contributed by atoms with van der Waals surface area (Å²) < 4.78 is 4.22. The lowest BCUT2D eigenvalue weighted by Gasteiger charge is -2.26. The van der Waals surface area contributed by atoms with Gasteiger partial charge in [-0.2, -0.15) is 0 Å². The second-order valence-corrected chi connectivity index (χ2v) is 7.82. The first kappa shape index (κ1) is 17.9. The molecule has 1 aliphatic heterocycles. The minimum Gasteiger partial charge on any atom is -0.351 e. The van der Waals surface area contributed by atoms with Crippen molar-refractivity contribution in [3.63, 3.8) is 0 Å². The third kappa shape index (κ3) is 3.15. The number of nitrogens with zero attached hydrogens (tertiary/aromatic N) is 5. The lowest BCUT2D eigenvalue weighted by atomic mass is 10.3. The molecule has 10 heteroatoms. The van der Waals surface area contributed by atoms with Gasteiger partial charge in [-0.05, 0) is 6.92 Å². The Kier molecular flexibility index (Phi) is 4.83. The first-order valence-electron chi connectivity index (χ1n) is 7.82. The molecule has 8 nitrogen and oxygen atoms in total. The zero-order valence-electron chi connectivity index (χ0n) is 14.3. The van der Waals surface area contributed by atoms with Gasteiger partial charge in [0.25, 0.3) is 5.56 Å². The first-order valence-corrected chi connectivity index (χ1v) is 9.28. The number of fused-ring (bicyclic) bond motifs is 1. The molecule has 2 aromatic rings. The molecule has 1 fully saturated rings. The molecule has 0 N–H and O–H groups in total. The van der Waals surface area contributed by atoms with Crippen LogP contribution in [0.2, 0.25) is 0 Å². The molecule has 134 valence electrons. The van der Waals surface area contributed by atoms with E-state index in [1.165, 1.54) is 18.5 Å². The third-order valence-corrected chi connectivity index (χ3v) is 5.87. The van der Waals surface area contributed by atoms with Crippen LogP contribution in [-0.4, -0.2) is 52.0 Å². The molecule has 0 aliphatic carbocycles. The van der Waals surface area contributed by atoms with Crippen molar-refractivity contribution in [1.29, 1.82) is 0 Å². The second kappa shape index (κ2) is 6.75. The van der Waals surface area contributed by atoms with Crippen molar-refractivity contribution >= 4 is 45.9 Å². The van der Waals surface area contributed by atoms with Crippen molar-refractivity contribution < 1.29 is 4.79 Å². The van der Waals surface area contributed by atoms with E-state index >= 15 is 0 Å². The molecule has 0 saturated carbocycles. The number of aryl methyl sites for hydroxylation is 1. The number of Topliss-reactive ketones (excluding diaryl/α,β-unsaturated/α-hetero) is 1. The molecule has 25 heavy (non-hydrogen) atoms. The molecule has 0 aromatic carbocycles. The molecular weight excluding hydrogens is 362 g/mol. The summed E-state index contributed by atoms with van der Waals surface area (Å²) in [5.41, 5.74) is 0.00205. The maximum absolute atomic E-state index is 12.5. The molecule has 0 radical (unpaired) electrons. The second-order valence-electron chi connectivity index (χ2n) is 6.07. The monoisotopic (exact) mass is 381 g/mol. The zero-order chi connectivity index (χ0) is 18.3. The number of thiocarbonyl (C=S) groups is 1. The van der Waals surface area contributed by atoms with E-state index < -0.39 is 5.69 Å². The summed E-state index contributed by atoms with van der Waals surface area (Å²) in [6.45, 7) is 2.81. The molecule has 0 bridgehead atoms. The van der Waals surface area contributed by atoms with Crippen molar-refractivity contribution in [3.8, 4) is 0 Å². The highest BCUT2D eigenvalue weighted by Gasteiger charge is 2.29. The van der Waals surface area contributed by atoms with Gasteiger partial charge < -0.3 is 9.47 Å². The molecule has 3 rings (SSSR count). The zero-order valence-corrected chi connectivity index (χ0v) is 15.9. The van der Waals surface area contributed by atoms with E-state index in [1.54, 1.807) is 29.7 Å². The van der Waals surface area contributed by atoms with Gasteiger partial charge >= 0.3 is 5.69 Å². The fourth-order valence-electron chi connectivity index (χ4n) is 2.98. The van der Waals surface area contributed by atoms with Gasteiger partial charge in [-0.3, -0.25) is 18.7 Å². The molecule has 1 unspecified atom stereocenters. The highest BCUT2D eigenvalue weighted by Crippen LogP contribution is 2.27. The molecule has 0 spiro atoms. The molecular formula is C15H19N5O3S2. The largest absolute Gasteiger partial charge is 0.351 e. The summed E-state index contributed by atoms with van der Waals surface area (Å²) in [5.74, 6) is 0.948. The number of thioether (sulfide) groups is 1. The van der Waals surface area contributed by atoms with Gasteiger partial charge in [0.1, 0.15) is 5.78 Å². The van der Waals surface area contributed by atoms with E-state index in [-0.39, 0.29) is 23.1 Å². The van der Waals surface area contributed by atoms with Crippen molar-refractivity contribution in [2.45, 2.75) is 25.3 Å². The van der Waals surface area contributed by atoms with Gasteiger partial charge in [0.2, 0.25) is 0 Å². The number of carbonyl (C=O) groups excluding carboxylic acids is 1. The molecule has 2 aromatic heterocycles. The number of hydrogen-bond donors (Lipinski definition) is 0. The van der Waals surface area contributed by atoms with Crippen LogP contribution in [0, 0.1) is 0 Å². The van der Waals surface area contributed by atoms with Gasteiger partial charge in [0.05, 0.1) is 29.7 Å². The van der Waals surface area contributed by atoms with Crippen LogP contribution in [0.15, 0.2) is 15.9 Å². The average Bonchev–Trinajstić information content (AvgIpc) is 3.18. The van der Waals surface area contributed by atoms with Crippen LogP contribution in [0.5, 0.6) is 0 Å². The quantitative estimate of drug-likeness (QED) is 0.696. The van der Waals surface area contributed by atoms with E-state index in [0.717, 1.165) is 16.9 Å². The molecule has 3 heterocycles. The summed E-state index contributed by atoms with van der Waals surface area (Å²) in [6.07, 6.45) is 1.84. The predicted octanol–water partition coefficient (Wildman–Crippen LogP) is 0.115. The summed E-state index contributed by atoms with van der Waals surface area (Å²) >= 11 is 7.13. The Morgan fingerprint density at radius 2 is 2.08 bits per heavy atom. The summed E-state index contributed by atoms with van der Waals surface area (Å²) in [6, 6.07) is 0. The van der Waals surface area contributed by atoms with Gasteiger partial charge in [-0.25, -0.2) is 9.78 Å². The van der Waals surface area contributed by atoms with Gasteiger partial charge in [0, 0.05) is 26.4 Å². The maximum atomic E-state index is 12.5. The third-order valence-electron chi connectivity index (χ3n) is 4.28. The van der Waals surface area contributed by atoms with E-state index in [4.69, 9.17) is 12.2 Å². The number of rotatable bonds is 4. The first-order chi connectivity index (χ1) is 11.8. The van der Waals surface area contributed by atoms with Gasteiger partial charge in [-0.1, -0.05) is 12.2 Å². The Bertz CT molecular complexity index is 974. The highest BCUT2D eigenvalue weighted by molar-refractivity contribution is 8.00. The lowest BCUT2D eigenvalue weighted by Crippen LogP contribution is -2.39. The van der Waals surface area contributed by atoms with E-state index in [1.807, 2.05) is 4.90 Å². The van der Waals surface area contributed by atoms with Gasteiger partial charge in [0.15, 0.2) is 11.2 Å². The molecule has 1 saturated heterocycles. The van der Waals surface area contributed by atoms with Crippen LogP contribution in [0.1, 0.15) is 13.3 Å². The van der Waals surface area contributed by atoms with Gasteiger partial charge in [-0.15, -0.1) is 11.8 Å². The normalized spacial score (nSPS) is 17.4. The fraction of sp³-hybridized carbons (Fsp3) is 0.533. The molecule has 1 aliphatic rings. The van der Waals surface area contributed by atoms with Crippen LogP contribution < -0.4 is 11.2 Å². The van der Waals surface area contributed by atoms with E-state index in [9.17, 15) is 14.4 Å². The van der Waals surface area contributed by atoms with Crippen LogP contribution >= 0.6 is 24.0 Å². The number of aromatic nitrogens is 4. The molecule has 0 amide bonds. The number of hydrogen-bond acceptors (Lipinski definition) is 6. The summed E-state index contributed by atoms with van der Waals surface area (Å²) in [7, 11) is 3.06. The Morgan fingerprint density at radius 1 is 1.36 bits per heavy atom. The lowest BCUT2D eigenvalue weighted by molar-refractivity contribution is -0.115. The van der Waals surface area contributed by atoms with E-state index in [2.05, 4.69) is 4.98 Å². The minimum absolute atomic E-state index is 0.0335. The SMILES string of the molecule is CC(=O)CC(=S)N1CCSC1Cn1cnc2c1c(=O)n(C)c(=O)n2C. The standard InChI is InChI=1S/C15H19N5O3S2/c1-9(21)6-10(24)20-4-5-25-11(20)7-19-8-16-13-12(19)14(22)18(3)15(23)17(13)2/h8,11H,4-7H2,1-3H3. The Labute approximate surface area is 153 Å². The van der Waals surface area contributed by atoms with Crippen molar-refractivity contribution in [2.75, 3.05) is 12.3 Å². The molecule has 1 atom stereocenters. The average molecular weight is 381 g/mol. The summed E-state index contributed by atoms with van der Waals surface area (Å²) in [5, 5.41) is 0.0335. The Hall–Kier alpha value is -1.94. The van der Waals surface area contributed by atoms with Crippen molar-refractivity contribution in [1.82, 2.24) is 23.6 Å². The fourth-order valence-corrected chi connectivity index (χ4v) is 4.72. The van der Waals surface area contributed by atoms with Crippen molar-refractivity contribution in [3.05, 3.63) is 27.2 Å². The number of imidazole rings is 1. The Morgan fingerprint density at radius 3 is 2.76 bits per heavy atom. The highest BCUT2D eigenvalue weighted by atomic mass is 32.2. The number of carbonyl (C=O) groups is 1. The van der Waals surface area contributed by atoms with Crippen LogP contribution in [-0.2, 0) is 25.4 Å². The van der Waals surface area contributed by atoms with Crippen LogP contribution in [0.25, 0.3) is 11.2 Å². The van der Waals surface area contributed by atoms with Crippen LogP contribution in [0.4, 0.5) is 0 Å². The van der Waals surface area contributed by atoms with E-state index in [0.29, 0.717) is 22.7 Å². The smallest absolute Gasteiger partial charge is 0.332 e. The number of ketones is 1. The Balaban J connectivity index is 1.96. The maximum Gasteiger partial charge on any atom is 0.332 e. The summed E-state index contributed by atoms with van der Waals surface area (Å²) in [4.78, 5) is 42.8.